The summed E-state index contributed by atoms with van der Waals surface area (Å²) < 4.78 is 0. The summed E-state index contributed by atoms with van der Waals surface area (Å²) in [5.74, 6) is 1.48. The third-order valence-electron chi connectivity index (χ3n) is 4.02. The van der Waals surface area contributed by atoms with Crippen LogP contribution in [0.4, 0.5) is 0 Å². The van der Waals surface area contributed by atoms with Gasteiger partial charge in [-0.1, -0.05) is 58.9 Å². The highest BCUT2D eigenvalue weighted by atomic mass is 14.9. The summed E-state index contributed by atoms with van der Waals surface area (Å²) >= 11 is 0. The van der Waals surface area contributed by atoms with E-state index in [0.717, 1.165) is 31.2 Å². The molecule has 0 spiro atoms. The van der Waals surface area contributed by atoms with Gasteiger partial charge in [-0.05, 0) is 42.3 Å². The molecular weight excluding hydrogens is 218 g/mol. The van der Waals surface area contributed by atoms with Gasteiger partial charge in [0.05, 0.1) is 0 Å². The smallest absolute Gasteiger partial charge is 0.0317 e. The third kappa shape index (κ3) is 4.45. The molecule has 1 rings (SSSR count). The number of benzene rings is 1. The lowest BCUT2D eigenvalue weighted by Gasteiger charge is -2.22. The van der Waals surface area contributed by atoms with Crippen molar-refractivity contribution in [2.24, 2.45) is 11.8 Å². The standard InChI is InChI=1S/C17H29N/c1-6-15-8-10-16(11-9-15)17(7-2)18-12-14(5)13(3)4/h8-11,13-14,17-18H,6-7,12H2,1-5H3. The molecule has 0 aliphatic rings. The first-order valence-corrected chi connectivity index (χ1v) is 7.40. The lowest BCUT2D eigenvalue weighted by molar-refractivity contribution is 0.366. The number of rotatable bonds is 7. The van der Waals surface area contributed by atoms with Gasteiger partial charge in [-0.15, -0.1) is 0 Å². The highest BCUT2D eigenvalue weighted by Crippen LogP contribution is 2.19. The van der Waals surface area contributed by atoms with E-state index < -0.39 is 0 Å². The van der Waals surface area contributed by atoms with Crippen molar-refractivity contribution in [2.45, 2.75) is 53.5 Å². The van der Waals surface area contributed by atoms with Gasteiger partial charge in [-0.2, -0.15) is 0 Å². The van der Waals surface area contributed by atoms with Crippen LogP contribution in [-0.4, -0.2) is 6.54 Å². The largest absolute Gasteiger partial charge is 0.310 e. The Balaban J connectivity index is 2.59. The lowest BCUT2D eigenvalue weighted by Crippen LogP contribution is -2.28. The van der Waals surface area contributed by atoms with Crippen molar-refractivity contribution >= 4 is 0 Å². The second-order valence-electron chi connectivity index (χ2n) is 5.69. The molecule has 0 aliphatic heterocycles. The van der Waals surface area contributed by atoms with Crippen LogP contribution in [0.3, 0.4) is 0 Å². The second-order valence-corrected chi connectivity index (χ2v) is 5.69. The Morgan fingerprint density at radius 3 is 2.06 bits per heavy atom. The van der Waals surface area contributed by atoms with Crippen molar-refractivity contribution < 1.29 is 0 Å². The molecule has 0 radical (unpaired) electrons. The molecule has 0 saturated heterocycles. The summed E-state index contributed by atoms with van der Waals surface area (Å²) in [5, 5.41) is 3.70. The second kappa shape index (κ2) is 7.58. The van der Waals surface area contributed by atoms with Crippen molar-refractivity contribution in [3.8, 4) is 0 Å². The zero-order valence-corrected chi connectivity index (χ0v) is 12.7. The Labute approximate surface area is 113 Å². The van der Waals surface area contributed by atoms with Gasteiger partial charge < -0.3 is 5.32 Å². The van der Waals surface area contributed by atoms with Gasteiger partial charge in [0.15, 0.2) is 0 Å². The van der Waals surface area contributed by atoms with E-state index in [1.165, 1.54) is 11.1 Å². The summed E-state index contributed by atoms with van der Waals surface area (Å²) in [6.07, 6.45) is 2.27. The van der Waals surface area contributed by atoms with Crippen molar-refractivity contribution in [3.63, 3.8) is 0 Å². The van der Waals surface area contributed by atoms with Crippen LogP contribution in [0.25, 0.3) is 0 Å². The fourth-order valence-electron chi connectivity index (χ4n) is 2.05. The molecule has 2 atom stereocenters. The van der Waals surface area contributed by atoms with Crippen LogP contribution in [0.1, 0.15) is 58.2 Å². The minimum absolute atomic E-state index is 0.497. The van der Waals surface area contributed by atoms with Gasteiger partial charge in [0.25, 0.3) is 0 Å². The Morgan fingerprint density at radius 1 is 1.00 bits per heavy atom. The fourth-order valence-corrected chi connectivity index (χ4v) is 2.05. The predicted octanol–water partition coefficient (Wildman–Crippen LogP) is 4.58. The van der Waals surface area contributed by atoms with Crippen molar-refractivity contribution in [3.05, 3.63) is 35.4 Å². The highest BCUT2D eigenvalue weighted by molar-refractivity contribution is 5.25. The quantitative estimate of drug-likeness (QED) is 0.743. The third-order valence-corrected chi connectivity index (χ3v) is 4.02. The Morgan fingerprint density at radius 2 is 1.61 bits per heavy atom. The molecule has 1 aromatic carbocycles. The average molecular weight is 247 g/mol. The maximum absolute atomic E-state index is 3.70. The van der Waals surface area contributed by atoms with Crippen LogP contribution in [0.2, 0.25) is 0 Å². The SMILES string of the molecule is CCc1ccc(C(CC)NCC(C)C(C)C)cc1. The molecule has 0 fully saturated rings. The van der Waals surface area contributed by atoms with Crippen LogP contribution in [0.5, 0.6) is 0 Å². The first-order valence-electron chi connectivity index (χ1n) is 7.40. The topological polar surface area (TPSA) is 12.0 Å². The fraction of sp³-hybridized carbons (Fsp3) is 0.647. The minimum Gasteiger partial charge on any atom is -0.310 e. The highest BCUT2D eigenvalue weighted by Gasteiger charge is 2.12. The zero-order valence-electron chi connectivity index (χ0n) is 12.7. The molecule has 0 amide bonds. The van der Waals surface area contributed by atoms with E-state index in [4.69, 9.17) is 0 Å². The molecule has 0 aromatic heterocycles. The van der Waals surface area contributed by atoms with Gasteiger partial charge in [0.1, 0.15) is 0 Å². The van der Waals surface area contributed by atoms with E-state index in [1.807, 2.05) is 0 Å². The van der Waals surface area contributed by atoms with E-state index in [9.17, 15) is 0 Å². The van der Waals surface area contributed by atoms with Gasteiger partial charge in [0.2, 0.25) is 0 Å². The summed E-state index contributed by atoms with van der Waals surface area (Å²) in [5.41, 5.74) is 2.84. The molecule has 102 valence electrons. The normalized spacial score (nSPS) is 14.8. The lowest BCUT2D eigenvalue weighted by atomic mass is 9.96. The van der Waals surface area contributed by atoms with Crippen LogP contribution < -0.4 is 5.32 Å². The monoisotopic (exact) mass is 247 g/mol. The maximum atomic E-state index is 3.70. The maximum Gasteiger partial charge on any atom is 0.0317 e. The van der Waals surface area contributed by atoms with Crippen molar-refractivity contribution in [2.75, 3.05) is 6.54 Å². The summed E-state index contributed by atoms with van der Waals surface area (Å²) in [4.78, 5) is 0. The first-order chi connectivity index (χ1) is 8.58. The number of aryl methyl sites for hydroxylation is 1. The summed E-state index contributed by atoms with van der Waals surface area (Å²) in [7, 11) is 0. The summed E-state index contributed by atoms with van der Waals surface area (Å²) in [6.45, 7) is 12.5. The molecular formula is C17H29N. The van der Waals surface area contributed by atoms with E-state index in [2.05, 4.69) is 64.2 Å². The molecule has 1 N–H and O–H groups in total. The Kier molecular flexibility index (Phi) is 6.42. The number of hydrogen-bond donors (Lipinski definition) is 1. The van der Waals surface area contributed by atoms with Gasteiger partial charge in [-0.25, -0.2) is 0 Å². The van der Waals surface area contributed by atoms with Crippen molar-refractivity contribution in [1.82, 2.24) is 5.32 Å². The van der Waals surface area contributed by atoms with E-state index in [-0.39, 0.29) is 0 Å². The molecule has 0 aliphatic carbocycles. The van der Waals surface area contributed by atoms with Crippen molar-refractivity contribution in [1.29, 1.82) is 0 Å². The molecule has 18 heavy (non-hydrogen) atoms. The van der Waals surface area contributed by atoms with E-state index >= 15 is 0 Å². The molecule has 1 aromatic rings. The number of nitrogens with one attached hydrogen (secondary N) is 1. The molecule has 1 heteroatoms. The molecule has 0 saturated carbocycles. The summed E-state index contributed by atoms with van der Waals surface area (Å²) in [6, 6.07) is 9.56. The Hall–Kier alpha value is -0.820. The Bertz CT molecular complexity index is 326. The predicted molar refractivity (Wildman–Crippen MR) is 80.9 cm³/mol. The molecule has 0 bridgehead atoms. The minimum atomic E-state index is 0.497. The van der Waals surface area contributed by atoms with Crippen LogP contribution in [0, 0.1) is 11.8 Å². The molecule has 2 unspecified atom stereocenters. The zero-order chi connectivity index (χ0) is 13.5. The molecule has 1 nitrogen and oxygen atoms in total. The van der Waals surface area contributed by atoms with Gasteiger partial charge >= 0.3 is 0 Å². The first kappa shape index (κ1) is 15.2. The van der Waals surface area contributed by atoms with Crippen LogP contribution in [-0.2, 0) is 6.42 Å². The van der Waals surface area contributed by atoms with E-state index in [1.54, 1.807) is 0 Å². The van der Waals surface area contributed by atoms with Gasteiger partial charge in [0, 0.05) is 6.04 Å². The average Bonchev–Trinajstić information content (AvgIpc) is 2.39. The van der Waals surface area contributed by atoms with Crippen LogP contribution >= 0.6 is 0 Å². The van der Waals surface area contributed by atoms with Crippen LogP contribution in [0.15, 0.2) is 24.3 Å². The number of hydrogen-bond acceptors (Lipinski definition) is 1. The van der Waals surface area contributed by atoms with E-state index in [0.29, 0.717) is 6.04 Å². The molecule has 0 heterocycles. The van der Waals surface area contributed by atoms with Gasteiger partial charge in [-0.3, -0.25) is 0 Å².